The van der Waals surface area contributed by atoms with Crippen LogP contribution in [0.25, 0.3) is 0 Å². The van der Waals surface area contributed by atoms with Crippen LogP contribution in [0.5, 0.6) is 5.75 Å². The zero-order chi connectivity index (χ0) is 21.0. The van der Waals surface area contributed by atoms with E-state index in [-0.39, 0.29) is 29.5 Å². The predicted molar refractivity (Wildman–Crippen MR) is 109 cm³/mol. The molecule has 1 aliphatic heterocycles. The zero-order valence-corrected chi connectivity index (χ0v) is 17.1. The highest BCUT2D eigenvalue weighted by Crippen LogP contribution is 2.24. The predicted octanol–water partition coefficient (Wildman–Crippen LogP) is 3.09. The fraction of sp³-hybridized carbons (Fsp3) is 0.273. The lowest BCUT2D eigenvalue weighted by atomic mass is 10.0. The molecule has 0 spiro atoms. The fourth-order valence-corrected chi connectivity index (χ4v) is 4.90. The van der Waals surface area contributed by atoms with Gasteiger partial charge in [0.15, 0.2) is 15.6 Å². The van der Waals surface area contributed by atoms with Gasteiger partial charge in [0.05, 0.1) is 22.3 Å². The van der Waals surface area contributed by atoms with Gasteiger partial charge in [-0.3, -0.25) is 4.79 Å². The number of likely N-dealkylation sites (N-methyl/N-ethyl adjacent to an activating group) is 1. The Morgan fingerprint density at radius 1 is 1.21 bits per heavy atom. The number of nitriles is 1. The van der Waals surface area contributed by atoms with Crippen LogP contribution >= 0.6 is 0 Å². The molecule has 0 N–H and O–H groups in total. The molecule has 150 valence electrons. The molecule has 0 saturated carbocycles. The average Bonchev–Trinajstić information content (AvgIpc) is 2.69. The van der Waals surface area contributed by atoms with Gasteiger partial charge in [-0.15, -0.1) is 0 Å². The van der Waals surface area contributed by atoms with E-state index in [0.717, 1.165) is 11.1 Å². The molecule has 0 fully saturated rings. The molecule has 2 aromatic rings. The smallest absolute Gasteiger partial charge is 0.180 e. The van der Waals surface area contributed by atoms with Crippen LogP contribution in [0.15, 0.2) is 65.2 Å². The number of carbonyl (C=O) groups is 1. The van der Waals surface area contributed by atoms with Gasteiger partial charge in [-0.05, 0) is 43.0 Å². The van der Waals surface area contributed by atoms with Crippen LogP contribution < -0.4 is 4.74 Å². The van der Waals surface area contributed by atoms with Crippen molar-refractivity contribution in [2.24, 2.45) is 0 Å². The maximum atomic E-state index is 12.9. The van der Waals surface area contributed by atoms with Crippen molar-refractivity contribution >= 4 is 15.6 Å². The molecule has 1 aliphatic rings. The molecule has 1 unspecified atom stereocenters. The van der Waals surface area contributed by atoms with Gasteiger partial charge in [-0.1, -0.05) is 24.3 Å². The maximum Gasteiger partial charge on any atom is 0.180 e. The Kier molecular flexibility index (Phi) is 6.04. The number of hydrogen-bond acceptors (Lipinski definition) is 6. The average molecular weight is 410 g/mol. The lowest BCUT2D eigenvalue weighted by Crippen LogP contribution is -2.43. The second-order valence-corrected chi connectivity index (χ2v) is 9.15. The number of benzene rings is 2. The first kappa shape index (κ1) is 20.6. The first-order valence-corrected chi connectivity index (χ1v) is 10.8. The Morgan fingerprint density at radius 3 is 2.69 bits per heavy atom. The topological polar surface area (TPSA) is 87.5 Å². The third-order valence-corrected chi connectivity index (χ3v) is 6.54. The lowest BCUT2D eigenvalue weighted by molar-refractivity contribution is -0.122. The van der Waals surface area contributed by atoms with Crippen LogP contribution in [-0.2, 0) is 21.2 Å². The summed E-state index contributed by atoms with van der Waals surface area (Å²) < 4.78 is 31.5. The van der Waals surface area contributed by atoms with Crippen molar-refractivity contribution in [2.75, 3.05) is 12.8 Å². The van der Waals surface area contributed by atoms with Crippen molar-refractivity contribution in [1.29, 1.82) is 5.26 Å². The summed E-state index contributed by atoms with van der Waals surface area (Å²) in [6.45, 7) is 2.01. The number of sulfone groups is 1. The largest absolute Gasteiger partial charge is 0.489 e. The number of ether oxygens (including phenoxy) is 1. The van der Waals surface area contributed by atoms with Gasteiger partial charge in [0.2, 0.25) is 0 Å². The highest BCUT2D eigenvalue weighted by molar-refractivity contribution is 7.91. The molecule has 0 aliphatic carbocycles. The van der Waals surface area contributed by atoms with Crippen LogP contribution in [0.1, 0.15) is 24.5 Å². The third kappa shape index (κ3) is 4.84. The summed E-state index contributed by atoms with van der Waals surface area (Å²) in [5, 5.41) is 9.16. The van der Waals surface area contributed by atoms with Crippen LogP contribution in [-0.4, -0.2) is 37.9 Å². The fourth-order valence-electron chi connectivity index (χ4n) is 3.29. The minimum absolute atomic E-state index is 0.100. The Bertz CT molecular complexity index is 1100. The minimum atomic E-state index is -3.69. The highest BCUT2D eigenvalue weighted by atomic mass is 32.2. The first-order chi connectivity index (χ1) is 13.8. The van der Waals surface area contributed by atoms with Gasteiger partial charge < -0.3 is 9.64 Å². The van der Waals surface area contributed by atoms with Crippen molar-refractivity contribution in [2.45, 2.75) is 30.9 Å². The molecule has 0 aromatic heterocycles. The molecule has 3 rings (SSSR count). The standard InChI is InChI=1S/C22H22N2O4S/c1-16-10-22(25)21(24(2)13-16)15-29(26,27)20-9-5-8-19(11-20)28-14-18-7-4-3-6-17(18)12-23/h3-9,11,13,21H,10,14-15H2,1-2H3. The molecule has 0 saturated heterocycles. The molecule has 29 heavy (non-hydrogen) atoms. The summed E-state index contributed by atoms with van der Waals surface area (Å²) in [6.07, 6.45) is 2.08. The number of ketones is 1. The molecular formula is C22H22N2O4S. The van der Waals surface area contributed by atoms with E-state index >= 15 is 0 Å². The van der Waals surface area contributed by atoms with E-state index < -0.39 is 15.9 Å². The summed E-state index contributed by atoms with van der Waals surface area (Å²) in [5.41, 5.74) is 2.15. The summed E-state index contributed by atoms with van der Waals surface area (Å²) in [7, 11) is -1.97. The summed E-state index contributed by atoms with van der Waals surface area (Å²) in [4.78, 5) is 14.1. The van der Waals surface area contributed by atoms with Crippen molar-refractivity contribution in [1.82, 2.24) is 4.90 Å². The normalized spacial score (nSPS) is 16.9. The third-order valence-electron chi connectivity index (χ3n) is 4.81. The van der Waals surface area contributed by atoms with Gasteiger partial charge in [-0.25, -0.2) is 8.42 Å². The van der Waals surface area contributed by atoms with E-state index in [0.29, 0.717) is 11.3 Å². The second-order valence-electron chi connectivity index (χ2n) is 7.11. The molecule has 7 heteroatoms. The second kappa shape index (κ2) is 8.50. The highest BCUT2D eigenvalue weighted by Gasteiger charge is 2.31. The van der Waals surface area contributed by atoms with E-state index in [1.165, 1.54) is 12.1 Å². The zero-order valence-electron chi connectivity index (χ0n) is 16.3. The molecule has 0 amide bonds. The van der Waals surface area contributed by atoms with E-state index in [1.807, 2.05) is 19.2 Å². The Labute approximate surface area is 170 Å². The SMILES string of the molecule is CC1=CN(C)C(CS(=O)(=O)c2cccc(OCc3ccccc3C#N)c2)C(=O)C1. The van der Waals surface area contributed by atoms with Gasteiger partial charge >= 0.3 is 0 Å². The Hall–Kier alpha value is -3.11. The number of nitrogens with zero attached hydrogens (tertiary/aromatic N) is 2. The molecule has 1 atom stereocenters. The summed E-state index contributed by atoms with van der Waals surface area (Å²) >= 11 is 0. The van der Waals surface area contributed by atoms with E-state index in [4.69, 9.17) is 10.00 Å². The van der Waals surface area contributed by atoms with Gasteiger partial charge in [0.25, 0.3) is 0 Å². The molecule has 1 heterocycles. The minimum Gasteiger partial charge on any atom is -0.489 e. The van der Waals surface area contributed by atoms with E-state index in [9.17, 15) is 13.2 Å². The van der Waals surface area contributed by atoms with E-state index in [2.05, 4.69) is 6.07 Å². The molecule has 2 aromatic carbocycles. The van der Waals surface area contributed by atoms with E-state index in [1.54, 1.807) is 42.3 Å². The van der Waals surface area contributed by atoms with Gasteiger partial charge in [0.1, 0.15) is 18.4 Å². The first-order valence-electron chi connectivity index (χ1n) is 9.16. The number of carbonyl (C=O) groups excluding carboxylic acids is 1. The van der Waals surface area contributed by atoms with Crippen LogP contribution in [0.2, 0.25) is 0 Å². The van der Waals surface area contributed by atoms with Crippen LogP contribution in [0, 0.1) is 11.3 Å². The summed E-state index contributed by atoms with van der Waals surface area (Å²) in [6, 6.07) is 14.7. The Morgan fingerprint density at radius 2 is 1.97 bits per heavy atom. The monoisotopic (exact) mass is 410 g/mol. The van der Waals surface area contributed by atoms with Crippen molar-refractivity contribution in [3.8, 4) is 11.8 Å². The van der Waals surface area contributed by atoms with Crippen molar-refractivity contribution < 1.29 is 17.9 Å². The van der Waals surface area contributed by atoms with Crippen molar-refractivity contribution in [3.05, 3.63) is 71.4 Å². The number of Topliss-reactive ketones (excluding diaryl/α,β-unsaturated/α-hetero) is 1. The number of rotatable bonds is 6. The maximum absolute atomic E-state index is 12.9. The van der Waals surface area contributed by atoms with Gasteiger partial charge in [-0.2, -0.15) is 5.26 Å². The Balaban J connectivity index is 1.76. The molecule has 0 radical (unpaired) electrons. The number of allylic oxidation sites excluding steroid dienone is 1. The quantitative estimate of drug-likeness (QED) is 0.727. The molecule has 6 nitrogen and oxygen atoms in total. The molecular weight excluding hydrogens is 388 g/mol. The van der Waals surface area contributed by atoms with Crippen molar-refractivity contribution in [3.63, 3.8) is 0 Å². The van der Waals surface area contributed by atoms with Crippen LogP contribution in [0.4, 0.5) is 0 Å². The van der Waals surface area contributed by atoms with Crippen LogP contribution in [0.3, 0.4) is 0 Å². The molecule has 0 bridgehead atoms. The summed E-state index contributed by atoms with van der Waals surface area (Å²) in [5.74, 6) is 0.00166. The number of hydrogen-bond donors (Lipinski definition) is 0. The lowest BCUT2D eigenvalue weighted by Gasteiger charge is -2.30. The van der Waals surface area contributed by atoms with Gasteiger partial charge in [0, 0.05) is 19.0 Å².